The van der Waals surface area contributed by atoms with E-state index in [-0.39, 0.29) is 17.0 Å². The van der Waals surface area contributed by atoms with Crippen molar-refractivity contribution in [3.8, 4) is 0 Å². The van der Waals surface area contributed by atoms with E-state index in [1.807, 2.05) is 11.8 Å². The molecular weight excluding hydrogens is 252 g/mol. The molecule has 1 saturated heterocycles. The largest absolute Gasteiger partial charge is 0.338 e. The van der Waals surface area contributed by atoms with Crippen molar-refractivity contribution in [1.82, 2.24) is 9.88 Å². The minimum atomic E-state index is -0.267. The van der Waals surface area contributed by atoms with Crippen LogP contribution in [0.3, 0.4) is 0 Å². The van der Waals surface area contributed by atoms with E-state index in [9.17, 15) is 9.59 Å². The Kier molecular flexibility index (Phi) is 3.40. The van der Waals surface area contributed by atoms with Crippen LogP contribution >= 0.6 is 0 Å². The average molecular weight is 274 g/mol. The van der Waals surface area contributed by atoms with E-state index < -0.39 is 0 Å². The van der Waals surface area contributed by atoms with Gasteiger partial charge in [0.25, 0.3) is 11.5 Å². The normalized spacial score (nSPS) is 21.4. The highest BCUT2D eigenvalue weighted by Crippen LogP contribution is 2.46. The molecule has 2 aliphatic rings. The first-order chi connectivity index (χ1) is 9.60. The summed E-state index contributed by atoms with van der Waals surface area (Å²) in [4.78, 5) is 28.9. The third-order valence-electron chi connectivity index (χ3n) is 5.06. The average Bonchev–Trinajstić information content (AvgIpc) is 2.87. The molecule has 20 heavy (non-hydrogen) atoms. The summed E-state index contributed by atoms with van der Waals surface area (Å²) >= 11 is 0. The van der Waals surface area contributed by atoms with E-state index in [1.54, 1.807) is 12.1 Å². The SMILES string of the molecule is Cc1ccc(C(=O)N2CCC3(CCCC3)CC2)c(=O)[nH]1. The van der Waals surface area contributed by atoms with Gasteiger partial charge >= 0.3 is 0 Å². The number of aromatic amines is 1. The van der Waals surface area contributed by atoms with Crippen LogP contribution in [0.1, 0.15) is 54.6 Å². The van der Waals surface area contributed by atoms with Crippen LogP contribution in [-0.4, -0.2) is 28.9 Å². The first-order valence-electron chi connectivity index (χ1n) is 7.59. The molecule has 2 heterocycles. The quantitative estimate of drug-likeness (QED) is 0.855. The molecule has 1 amide bonds. The van der Waals surface area contributed by atoms with Crippen LogP contribution in [0.15, 0.2) is 16.9 Å². The minimum absolute atomic E-state index is 0.112. The Morgan fingerprint density at radius 2 is 1.80 bits per heavy atom. The number of aryl methyl sites for hydroxylation is 1. The summed E-state index contributed by atoms with van der Waals surface area (Å²) in [6, 6.07) is 3.44. The van der Waals surface area contributed by atoms with Crippen molar-refractivity contribution in [3.63, 3.8) is 0 Å². The first kappa shape index (κ1) is 13.4. The van der Waals surface area contributed by atoms with E-state index in [2.05, 4.69) is 4.98 Å². The van der Waals surface area contributed by atoms with Gasteiger partial charge in [-0.1, -0.05) is 12.8 Å². The molecule has 1 aromatic heterocycles. The summed E-state index contributed by atoms with van der Waals surface area (Å²) < 4.78 is 0. The standard InChI is InChI=1S/C16H22N2O2/c1-12-4-5-13(14(19)17-12)15(20)18-10-8-16(9-11-18)6-2-3-7-16/h4-5H,2-3,6-11H2,1H3,(H,17,19). The second-order valence-electron chi connectivity index (χ2n) is 6.38. The number of nitrogens with one attached hydrogen (secondary N) is 1. The van der Waals surface area contributed by atoms with Crippen molar-refractivity contribution in [2.45, 2.75) is 45.4 Å². The zero-order chi connectivity index (χ0) is 14.2. The summed E-state index contributed by atoms with van der Waals surface area (Å²) in [6.07, 6.45) is 7.52. The highest BCUT2D eigenvalue weighted by atomic mass is 16.2. The maximum atomic E-state index is 12.4. The van der Waals surface area contributed by atoms with E-state index in [0.29, 0.717) is 5.41 Å². The maximum Gasteiger partial charge on any atom is 0.260 e. The van der Waals surface area contributed by atoms with Gasteiger partial charge in [-0.2, -0.15) is 0 Å². The molecular formula is C16H22N2O2. The fourth-order valence-electron chi connectivity index (χ4n) is 3.72. The summed E-state index contributed by atoms with van der Waals surface area (Å²) in [7, 11) is 0. The number of carbonyl (C=O) groups excluding carboxylic acids is 1. The Labute approximate surface area is 119 Å². The molecule has 2 fully saturated rings. The molecule has 1 saturated carbocycles. The van der Waals surface area contributed by atoms with E-state index in [4.69, 9.17) is 0 Å². The number of carbonyl (C=O) groups is 1. The molecule has 1 aromatic rings. The number of hydrogen-bond acceptors (Lipinski definition) is 2. The second-order valence-corrected chi connectivity index (χ2v) is 6.38. The Balaban J connectivity index is 1.71. The van der Waals surface area contributed by atoms with Crippen LogP contribution in [0.5, 0.6) is 0 Å². The maximum absolute atomic E-state index is 12.4. The Bertz CT molecular complexity index is 560. The minimum Gasteiger partial charge on any atom is -0.338 e. The third-order valence-corrected chi connectivity index (χ3v) is 5.06. The van der Waals surface area contributed by atoms with Crippen LogP contribution in [0.25, 0.3) is 0 Å². The number of piperidine rings is 1. The van der Waals surface area contributed by atoms with Crippen molar-refractivity contribution >= 4 is 5.91 Å². The molecule has 0 aromatic carbocycles. The monoisotopic (exact) mass is 274 g/mol. The Hall–Kier alpha value is -1.58. The van der Waals surface area contributed by atoms with Crippen molar-refractivity contribution in [2.24, 2.45) is 5.41 Å². The van der Waals surface area contributed by atoms with Gasteiger partial charge in [0.05, 0.1) is 0 Å². The van der Waals surface area contributed by atoms with Crippen molar-refractivity contribution in [3.05, 3.63) is 33.7 Å². The van der Waals surface area contributed by atoms with Crippen molar-refractivity contribution in [1.29, 1.82) is 0 Å². The van der Waals surface area contributed by atoms with Crippen molar-refractivity contribution in [2.75, 3.05) is 13.1 Å². The van der Waals surface area contributed by atoms with Crippen LogP contribution in [0.4, 0.5) is 0 Å². The number of likely N-dealkylation sites (tertiary alicyclic amines) is 1. The van der Waals surface area contributed by atoms with Gasteiger partial charge in [-0.25, -0.2) is 0 Å². The summed E-state index contributed by atoms with van der Waals surface area (Å²) in [5, 5.41) is 0. The molecule has 0 unspecified atom stereocenters. The van der Waals surface area contributed by atoms with Gasteiger partial charge in [-0.15, -0.1) is 0 Å². The topological polar surface area (TPSA) is 53.2 Å². The number of pyridine rings is 1. The molecule has 1 N–H and O–H groups in total. The van der Waals surface area contributed by atoms with Crippen molar-refractivity contribution < 1.29 is 4.79 Å². The Morgan fingerprint density at radius 1 is 1.15 bits per heavy atom. The highest BCUT2D eigenvalue weighted by molar-refractivity contribution is 5.93. The summed E-state index contributed by atoms with van der Waals surface area (Å²) in [5.41, 5.74) is 1.29. The number of amides is 1. The van der Waals surface area contributed by atoms with E-state index in [1.165, 1.54) is 25.7 Å². The van der Waals surface area contributed by atoms with Gasteiger partial charge < -0.3 is 9.88 Å². The molecule has 1 aliphatic carbocycles. The van der Waals surface area contributed by atoms with E-state index >= 15 is 0 Å². The fourth-order valence-corrected chi connectivity index (χ4v) is 3.72. The number of aromatic nitrogens is 1. The van der Waals surface area contributed by atoms with Gasteiger partial charge in [-0.05, 0) is 50.2 Å². The van der Waals surface area contributed by atoms with Crippen LogP contribution < -0.4 is 5.56 Å². The third kappa shape index (κ3) is 2.39. The van der Waals surface area contributed by atoms with Gasteiger partial charge in [0.15, 0.2) is 0 Å². The lowest BCUT2D eigenvalue weighted by Gasteiger charge is -2.39. The van der Waals surface area contributed by atoms with Crippen LogP contribution in [0.2, 0.25) is 0 Å². The lowest BCUT2D eigenvalue weighted by molar-refractivity contribution is 0.0586. The number of hydrogen-bond donors (Lipinski definition) is 1. The molecule has 4 heteroatoms. The smallest absolute Gasteiger partial charge is 0.260 e. The lowest BCUT2D eigenvalue weighted by Crippen LogP contribution is -2.43. The van der Waals surface area contributed by atoms with Gasteiger partial charge in [0.1, 0.15) is 5.56 Å². The first-order valence-corrected chi connectivity index (χ1v) is 7.59. The molecule has 4 nitrogen and oxygen atoms in total. The van der Waals surface area contributed by atoms with E-state index in [0.717, 1.165) is 31.6 Å². The zero-order valence-electron chi connectivity index (χ0n) is 12.1. The lowest BCUT2D eigenvalue weighted by atomic mass is 9.77. The van der Waals surface area contributed by atoms with Gasteiger partial charge in [0, 0.05) is 18.8 Å². The molecule has 1 spiro atoms. The highest BCUT2D eigenvalue weighted by Gasteiger charge is 2.38. The number of rotatable bonds is 1. The number of H-pyrrole nitrogens is 1. The fraction of sp³-hybridized carbons (Fsp3) is 0.625. The Morgan fingerprint density at radius 3 is 2.40 bits per heavy atom. The van der Waals surface area contributed by atoms with Crippen LogP contribution in [0, 0.1) is 12.3 Å². The molecule has 0 atom stereocenters. The van der Waals surface area contributed by atoms with Crippen LogP contribution in [-0.2, 0) is 0 Å². The molecule has 108 valence electrons. The second kappa shape index (κ2) is 5.08. The predicted molar refractivity (Wildman–Crippen MR) is 77.8 cm³/mol. The molecule has 0 radical (unpaired) electrons. The predicted octanol–water partition coefficient (Wildman–Crippen LogP) is 2.48. The molecule has 0 bridgehead atoms. The zero-order valence-corrected chi connectivity index (χ0v) is 12.1. The molecule has 3 rings (SSSR count). The van der Waals surface area contributed by atoms with Gasteiger partial charge in [0.2, 0.25) is 0 Å². The molecule has 1 aliphatic heterocycles. The summed E-state index contributed by atoms with van der Waals surface area (Å²) in [5.74, 6) is -0.112. The summed E-state index contributed by atoms with van der Waals surface area (Å²) in [6.45, 7) is 3.42. The van der Waals surface area contributed by atoms with Gasteiger partial charge in [-0.3, -0.25) is 9.59 Å². The number of nitrogens with zero attached hydrogens (tertiary/aromatic N) is 1.